The second-order valence-corrected chi connectivity index (χ2v) is 6.00. The average molecular weight is 334 g/mol. The van der Waals surface area contributed by atoms with Gasteiger partial charge in [-0.25, -0.2) is 9.37 Å². The number of hydrogen-bond acceptors (Lipinski definition) is 5. The molecule has 0 bridgehead atoms. The fourth-order valence-electron chi connectivity index (χ4n) is 2.22. The van der Waals surface area contributed by atoms with Gasteiger partial charge in [0.05, 0.1) is 37.6 Å². The van der Waals surface area contributed by atoms with Gasteiger partial charge >= 0.3 is 0 Å². The van der Waals surface area contributed by atoms with Crippen LogP contribution in [-0.4, -0.2) is 27.4 Å². The van der Waals surface area contributed by atoms with E-state index in [4.69, 9.17) is 4.74 Å². The van der Waals surface area contributed by atoms with Crippen molar-refractivity contribution in [2.75, 3.05) is 6.61 Å². The van der Waals surface area contributed by atoms with E-state index in [1.54, 1.807) is 29.6 Å². The monoisotopic (exact) mass is 334 g/mol. The standard InChI is InChI=1S/C16H15FN2O3S/c17-14-4-2-1-3-11(14)8-22-9-12(20)7-19-10-18-15-13(16(19)21)5-6-23-15/h1-6,10,12,20H,7-9H2/t12-/m1/s1. The zero-order chi connectivity index (χ0) is 16.2. The van der Waals surface area contributed by atoms with Gasteiger partial charge in [0, 0.05) is 5.56 Å². The van der Waals surface area contributed by atoms with Crippen molar-refractivity contribution in [1.82, 2.24) is 9.55 Å². The number of benzene rings is 1. The lowest BCUT2D eigenvalue weighted by Gasteiger charge is -2.13. The van der Waals surface area contributed by atoms with Crippen LogP contribution in [0.3, 0.4) is 0 Å². The molecule has 0 aliphatic heterocycles. The molecule has 0 aliphatic carbocycles. The number of aromatic nitrogens is 2. The van der Waals surface area contributed by atoms with Crippen molar-refractivity contribution in [2.24, 2.45) is 0 Å². The minimum atomic E-state index is -0.877. The van der Waals surface area contributed by atoms with Crippen molar-refractivity contribution in [2.45, 2.75) is 19.3 Å². The Balaban J connectivity index is 1.58. The summed E-state index contributed by atoms with van der Waals surface area (Å²) in [5, 5.41) is 12.3. The zero-order valence-electron chi connectivity index (χ0n) is 12.2. The molecular formula is C16H15FN2O3S. The van der Waals surface area contributed by atoms with Crippen LogP contribution in [0.15, 0.2) is 46.8 Å². The molecule has 3 aromatic rings. The Hall–Kier alpha value is -2.09. The van der Waals surface area contributed by atoms with Crippen LogP contribution in [0.1, 0.15) is 5.56 Å². The lowest BCUT2D eigenvalue weighted by Crippen LogP contribution is -2.29. The smallest absolute Gasteiger partial charge is 0.262 e. The molecule has 1 aromatic carbocycles. The number of hydrogen-bond donors (Lipinski definition) is 1. The molecule has 1 N–H and O–H groups in total. The van der Waals surface area contributed by atoms with E-state index in [-0.39, 0.29) is 31.1 Å². The number of halogens is 1. The first-order chi connectivity index (χ1) is 11.1. The highest BCUT2D eigenvalue weighted by Gasteiger charge is 2.10. The fourth-order valence-corrected chi connectivity index (χ4v) is 2.95. The SMILES string of the molecule is O=c1c2ccsc2ncn1C[C@@H](O)COCc1ccccc1F. The van der Waals surface area contributed by atoms with Crippen LogP contribution in [0.2, 0.25) is 0 Å². The van der Waals surface area contributed by atoms with Crippen molar-refractivity contribution in [1.29, 1.82) is 0 Å². The molecule has 0 unspecified atom stereocenters. The molecule has 2 aromatic heterocycles. The van der Waals surface area contributed by atoms with Crippen LogP contribution in [0.5, 0.6) is 0 Å². The predicted molar refractivity (Wildman–Crippen MR) is 85.9 cm³/mol. The van der Waals surface area contributed by atoms with Crippen LogP contribution in [-0.2, 0) is 17.9 Å². The third-order valence-electron chi connectivity index (χ3n) is 3.38. The molecule has 0 saturated heterocycles. The molecule has 0 aliphatic rings. The number of nitrogens with zero attached hydrogens (tertiary/aromatic N) is 2. The van der Waals surface area contributed by atoms with Crippen molar-refractivity contribution >= 4 is 21.6 Å². The Morgan fingerprint density at radius 1 is 1.35 bits per heavy atom. The van der Waals surface area contributed by atoms with Gasteiger partial charge in [-0.05, 0) is 17.5 Å². The summed E-state index contributed by atoms with van der Waals surface area (Å²) in [5.41, 5.74) is 0.239. The molecule has 0 spiro atoms. The van der Waals surface area contributed by atoms with Gasteiger partial charge in [0.25, 0.3) is 5.56 Å². The summed E-state index contributed by atoms with van der Waals surface area (Å²) in [4.78, 5) is 17.0. The first kappa shape index (κ1) is 15.8. The number of rotatable bonds is 6. The maximum absolute atomic E-state index is 13.4. The molecule has 2 heterocycles. The van der Waals surface area contributed by atoms with Gasteiger partial charge in [0.15, 0.2) is 0 Å². The summed E-state index contributed by atoms with van der Waals surface area (Å²) >= 11 is 1.39. The molecule has 3 rings (SSSR count). The lowest BCUT2D eigenvalue weighted by molar-refractivity contribution is 0.0189. The second-order valence-electron chi connectivity index (χ2n) is 5.10. The Morgan fingerprint density at radius 2 is 2.17 bits per heavy atom. The van der Waals surface area contributed by atoms with Gasteiger partial charge in [-0.1, -0.05) is 18.2 Å². The Morgan fingerprint density at radius 3 is 3.00 bits per heavy atom. The number of ether oxygens (including phenoxy) is 1. The van der Waals surface area contributed by atoms with E-state index in [9.17, 15) is 14.3 Å². The van der Waals surface area contributed by atoms with E-state index in [0.29, 0.717) is 15.8 Å². The van der Waals surface area contributed by atoms with E-state index < -0.39 is 6.10 Å². The summed E-state index contributed by atoms with van der Waals surface area (Å²) in [6.07, 6.45) is 0.540. The van der Waals surface area contributed by atoms with Crippen molar-refractivity contribution in [3.63, 3.8) is 0 Å². The van der Waals surface area contributed by atoms with Crippen molar-refractivity contribution in [3.8, 4) is 0 Å². The van der Waals surface area contributed by atoms with Crippen LogP contribution < -0.4 is 5.56 Å². The van der Waals surface area contributed by atoms with E-state index in [1.807, 2.05) is 0 Å². The van der Waals surface area contributed by atoms with Crippen LogP contribution in [0, 0.1) is 5.82 Å². The maximum atomic E-state index is 13.4. The van der Waals surface area contributed by atoms with E-state index in [0.717, 1.165) is 0 Å². The first-order valence-electron chi connectivity index (χ1n) is 7.07. The molecule has 0 saturated carbocycles. The van der Waals surface area contributed by atoms with E-state index in [2.05, 4.69) is 4.98 Å². The summed E-state index contributed by atoms with van der Waals surface area (Å²) in [7, 11) is 0. The van der Waals surface area contributed by atoms with E-state index in [1.165, 1.54) is 28.3 Å². The van der Waals surface area contributed by atoms with Crippen LogP contribution in [0.25, 0.3) is 10.2 Å². The zero-order valence-corrected chi connectivity index (χ0v) is 13.0. The molecule has 0 fully saturated rings. The van der Waals surface area contributed by atoms with Gasteiger partial charge in [0.1, 0.15) is 10.6 Å². The van der Waals surface area contributed by atoms with Crippen LogP contribution in [0.4, 0.5) is 4.39 Å². The maximum Gasteiger partial charge on any atom is 0.262 e. The minimum Gasteiger partial charge on any atom is -0.389 e. The minimum absolute atomic E-state index is 0.00243. The van der Waals surface area contributed by atoms with E-state index >= 15 is 0 Å². The third-order valence-corrected chi connectivity index (χ3v) is 4.20. The molecule has 120 valence electrons. The van der Waals surface area contributed by atoms with Gasteiger partial charge < -0.3 is 9.84 Å². The molecule has 23 heavy (non-hydrogen) atoms. The first-order valence-corrected chi connectivity index (χ1v) is 7.95. The van der Waals surface area contributed by atoms with Gasteiger partial charge in [-0.15, -0.1) is 11.3 Å². The van der Waals surface area contributed by atoms with Crippen molar-refractivity contribution in [3.05, 3.63) is 63.8 Å². The highest BCUT2D eigenvalue weighted by Crippen LogP contribution is 2.13. The largest absolute Gasteiger partial charge is 0.389 e. The number of thiophene rings is 1. The van der Waals surface area contributed by atoms with Gasteiger partial charge in [-0.3, -0.25) is 9.36 Å². The normalized spacial score (nSPS) is 12.6. The van der Waals surface area contributed by atoms with Crippen LogP contribution >= 0.6 is 11.3 Å². The summed E-state index contributed by atoms with van der Waals surface area (Å²) in [5.74, 6) is -0.342. The Labute approximate surface area is 135 Å². The summed E-state index contributed by atoms with van der Waals surface area (Å²) in [6.45, 7) is 0.151. The van der Waals surface area contributed by atoms with Gasteiger partial charge in [-0.2, -0.15) is 0 Å². The molecule has 0 radical (unpaired) electrons. The topological polar surface area (TPSA) is 64.4 Å². The average Bonchev–Trinajstić information content (AvgIpc) is 3.01. The molecule has 5 nitrogen and oxygen atoms in total. The number of fused-ring (bicyclic) bond motifs is 1. The fraction of sp³-hybridized carbons (Fsp3) is 0.250. The molecule has 1 atom stereocenters. The summed E-state index contributed by atoms with van der Waals surface area (Å²) < 4.78 is 20.1. The highest BCUT2D eigenvalue weighted by molar-refractivity contribution is 7.16. The van der Waals surface area contributed by atoms with Crippen molar-refractivity contribution < 1.29 is 14.2 Å². The number of aliphatic hydroxyl groups is 1. The Kier molecular flexibility index (Phi) is 4.80. The molecule has 0 amide bonds. The third kappa shape index (κ3) is 3.64. The summed E-state index contributed by atoms with van der Waals surface area (Å²) in [6, 6.07) is 8.02. The predicted octanol–water partition coefficient (Wildman–Crippen LogP) is 2.17. The molecular weight excluding hydrogens is 319 g/mol. The second kappa shape index (κ2) is 6.99. The molecule has 7 heteroatoms. The lowest BCUT2D eigenvalue weighted by atomic mass is 10.2. The van der Waals surface area contributed by atoms with Gasteiger partial charge in [0.2, 0.25) is 0 Å². The number of aliphatic hydroxyl groups excluding tert-OH is 1. The Bertz CT molecular complexity index is 862. The quantitative estimate of drug-likeness (QED) is 0.750. The highest BCUT2D eigenvalue weighted by atomic mass is 32.1.